The van der Waals surface area contributed by atoms with Crippen LogP contribution in [0.4, 0.5) is 9.93 Å². The van der Waals surface area contributed by atoms with Crippen LogP contribution in [0.3, 0.4) is 0 Å². The molecule has 0 bridgehead atoms. The number of thioether (sulfide) groups is 1. The molecule has 1 fully saturated rings. The normalized spacial score (nSPS) is 14.7. The molecule has 0 unspecified atom stereocenters. The Morgan fingerprint density at radius 2 is 2.11 bits per heavy atom. The molecule has 2 heterocycles. The number of urea groups is 1. The van der Waals surface area contributed by atoms with E-state index in [9.17, 15) is 9.59 Å². The van der Waals surface area contributed by atoms with Crippen LogP contribution in [-0.2, 0) is 11.3 Å². The van der Waals surface area contributed by atoms with Crippen molar-refractivity contribution < 1.29 is 14.7 Å². The number of anilines is 1. The van der Waals surface area contributed by atoms with E-state index >= 15 is 0 Å². The Balaban J connectivity index is 1.67. The van der Waals surface area contributed by atoms with Crippen LogP contribution in [0.2, 0.25) is 0 Å². The summed E-state index contributed by atoms with van der Waals surface area (Å²) in [4.78, 5) is 33.9. The van der Waals surface area contributed by atoms with E-state index in [0.29, 0.717) is 11.7 Å². The molecule has 27 heavy (non-hydrogen) atoms. The third-order valence-corrected chi connectivity index (χ3v) is 6.48. The van der Waals surface area contributed by atoms with E-state index in [4.69, 9.17) is 5.11 Å². The van der Waals surface area contributed by atoms with Crippen LogP contribution in [0.25, 0.3) is 0 Å². The van der Waals surface area contributed by atoms with Crippen molar-refractivity contribution >= 4 is 40.2 Å². The summed E-state index contributed by atoms with van der Waals surface area (Å²) in [7, 11) is 0. The number of rotatable bonds is 7. The number of amides is 2. The quantitative estimate of drug-likeness (QED) is 0.673. The van der Waals surface area contributed by atoms with Gasteiger partial charge in [0, 0.05) is 25.0 Å². The van der Waals surface area contributed by atoms with Crippen LogP contribution in [0.15, 0.2) is 34.9 Å². The number of thiazole rings is 1. The number of nitrogens with zero attached hydrogens (tertiary/aromatic N) is 3. The van der Waals surface area contributed by atoms with Crippen molar-refractivity contribution in [2.75, 3.05) is 11.1 Å². The van der Waals surface area contributed by atoms with E-state index in [2.05, 4.69) is 15.3 Å². The molecule has 2 amide bonds. The van der Waals surface area contributed by atoms with Crippen molar-refractivity contribution in [3.05, 3.63) is 36.3 Å². The summed E-state index contributed by atoms with van der Waals surface area (Å²) in [6.45, 7) is 0.510. The molecule has 0 spiro atoms. The van der Waals surface area contributed by atoms with E-state index in [-0.39, 0.29) is 17.8 Å². The second-order valence-corrected chi connectivity index (χ2v) is 8.68. The number of hydrogen-bond donors (Lipinski definition) is 2. The molecule has 2 aromatic rings. The van der Waals surface area contributed by atoms with E-state index in [0.717, 1.165) is 35.5 Å². The Morgan fingerprint density at radius 1 is 1.30 bits per heavy atom. The molecule has 0 aliphatic heterocycles. The third-order valence-electron chi connectivity index (χ3n) is 4.39. The van der Waals surface area contributed by atoms with Gasteiger partial charge in [0.05, 0.1) is 16.2 Å². The number of aromatic nitrogens is 2. The van der Waals surface area contributed by atoms with Gasteiger partial charge in [-0.25, -0.2) is 9.78 Å². The maximum absolute atomic E-state index is 13.0. The summed E-state index contributed by atoms with van der Waals surface area (Å²) in [6.07, 6.45) is 10.6. The van der Waals surface area contributed by atoms with Crippen LogP contribution in [0, 0.1) is 0 Å². The van der Waals surface area contributed by atoms with E-state index < -0.39 is 5.97 Å². The highest BCUT2D eigenvalue weighted by Gasteiger charge is 2.26. The Kier molecular flexibility index (Phi) is 7.05. The fourth-order valence-electron chi connectivity index (χ4n) is 3.13. The molecule has 2 aromatic heterocycles. The van der Waals surface area contributed by atoms with Crippen molar-refractivity contribution in [1.29, 1.82) is 0 Å². The third kappa shape index (κ3) is 5.93. The lowest BCUT2D eigenvalue weighted by molar-refractivity contribution is -0.133. The van der Waals surface area contributed by atoms with Gasteiger partial charge in [0.1, 0.15) is 0 Å². The first-order valence-electron chi connectivity index (χ1n) is 8.89. The fraction of sp³-hybridized carbons (Fsp3) is 0.444. The first kappa shape index (κ1) is 19.6. The zero-order chi connectivity index (χ0) is 19.1. The number of carbonyl (C=O) groups excluding carboxylic acids is 1. The lowest BCUT2D eigenvalue weighted by Crippen LogP contribution is -2.43. The fourth-order valence-corrected chi connectivity index (χ4v) is 4.71. The summed E-state index contributed by atoms with van der Waals surface area (Å²) < 4.78 is 0.768. The Morgan fingerprint density at radius 3 is 2.81 bits per heavy atom. The van der Waals surface area contributed by atoms with Crippen molar-refractivity contribution in [2.24, 2.45) is 0 Å². The number of carboxylic acids is 1. The largest absolute Gasteiger partial charge is 0.481 e. The van der Waals surface area contributed by atoms with Gasteiger partial charge in [-0.1, -0.05) is 36.7 Å². The molecular formula is C18H22N4O3S2. The first-order chi connectivity index (χ1) is 13.1. The minimum Gasteiger partial charge on any atom is -0.481 e. The molecule has 3 rings (SSSR count). The molecule has 0 aromatic carbocycles. The molecule has 0 radical (unpaired) electrons. The van der Waals surface area contributed by atoms with Crippen molar-refractivity contribution in [2.45, 2.75) is 48.9 Å². The second-order valence-electron chi connectivity index (χ2n) is 6.38. The first-order valence-corrected chi connectivity index (χ1v) is 10.7. The van der Waals surface area contributed by atoms with Crippen molar-refractivity contribution in [3.63, 3.8) is 0 Å². The molecule has 1 saturated carbocycles. The van der Waals surface area contributed by atoms with Crippen LogP contribution in [-0.4, -0.2) is 43.8 Å². The average molecular weight is 407 g/mol. The molecular weight excluding hydrogens is 384 g/mol. The van der Waals surface area contributed by atoms with Gasteiger partial charge >= 0.3 is 12.0 Å². The van der Waals surface area contributed by atoms with E-state index in [1.165, 1.54) is 29.5 Å². The van der Waals surface area contributed by atoms with Crippen LogP contribution in [0.1, 0.15) is 37.7 Å². The SMILES string of the molecule is O=C(O)CSc1cnc(NC(=O)N(Cc2cccnc2)C2CCCCC2)s1. The number of carboxylic acid groups (broad SMARTS) is 1. The lowest BCUT2D eigenvalue weighted by Gasteiger charge is -2.34. The van der Waals surface area contributed by atoms with E-state index in [1.807, 2.05) is 17.0 Å². The smallest absolute Gasteiger partial charge is 0.324 e. The van der Waals surface area contributed by atoms with Gasteiger partial charge in [0.15, 0.2) is 5.13 Å². The molecule has 1 aliphatic carbocycles. The zero-order valence-corrected chi connectivity index (χ0v) is 16.5. The van der Waals surface area contributed by atoms with Gasteiger partial charge in [-0.2, -0.15) is 0 Å². The van der Waals surface area contributed by atoms with Crippen molar-refractivity contribution in [1.82, 2.24) is 14.9 Å². The molecule has 1 aliphatic rings. The maximum Gasteiger partial charge on any atom is 0.324 e. The predicted molar refractivity (Wildman–Crippen MR) is 106 cm³/mol. The van der Waals surface area contributed by atoms with Gasteiger partial charge in [0.25, 0.3) is 0 Å². The number of pyridine rings is 1. The van der Waals surface area contributed by atoms with Crippen molar-refractivity contribution in [3.8, 4) is 0 Å². The van der Waals surface area contributed by atoms with Gasteiger partial charge in [-0.05, 0) is 24.5 Å². The molecule has 7 nitrogen and oxygen atoms in total. The second kappa shape index (κ2) is 9.70. The Labute approximate surface area is 166 Å². The molecule has 9 heteroatoms. The highest BCUT2D eigenvalue weighted by molar-refractivity contribution is 8.01. The summed E-state index contributed by atoms with van der Waals surface area (Å²) >= 11 is 2.49. The maximum atomic E-state index is 13.0. The number of aliphatic carboxylic acids is 1. The number of nitrogens with one attached hydrogen (secondary N) is 1. The average Bonchev–Trinajstić information content (AvgIpc) is 3.13. The highest BCUT2D eigenvalue weighted by atomic mass is 32.2. The summed E-state index contributed by atoms with van der Waals surface area (Å²) in [5.74, 6) is -0.899. The van der Waals surface area contributed by atoms with Crippen LogP contribution < -0.4 is 5.32 Å². The zero-order valence-electron chi connectivity index (χ0n) is 14.8. The Hall–Kier alpha value is -2.13. The predicted octanol–water partition coefficient (Wildman–Crippen LogP) is 4.08. The minimum absolute atomic E-state index is 0.0230. The van der Waals surface area contributed by atoms with Gasteiger partial charge in [0.2, 0.25) is 0 Å². The minimum atomic E-state index is -0.876. The molecule has 0 atom stereocenters. The topological polar surface area (TPSA) is 95.4 Å². The summed E-state index contributed by atoms with van der Waals surface area (Å²) in [5, 5.41) is 12.1. The summed E-state index contributed by atoms with van der Waals surface area (Å²) in [5.41, 5.74) is 0.995. The van der Waals surface area contributed by atoms with Gasteiger partial charge < -0.3 is 10.0 Å². The molecule has 2 N–H and O–H groups in total. The Bertz CT molecular complexity index is 763. The molecule has 144 valence electrons. The van der Waals surface area contributed by atoms with Gasteiger partial charge in [-0.3, -0.25) is 15.1 Å². The monoisotopic (exact) mass is 406 g/mol. The lowest BCUT2D eigenvalue weighted by atomic mass is 9.94. The number of carbonyl (C=O) groups is 2. The highest BCUT2D eigenvalue weighted by Crippen LogP contribution is 2.29. The van der Waals surface area contributed by atoms with Crippen LogP contribution in [0.5, 0.6) is 0 Å². The summed E-state index contributed by atoms with van der Waals surface area (Å²) in [6, 6.07) is 3.88. The standard InChI is InChI=1S/C18H22N4O3S2/c23-15(24)12-26-16-10-20-17(27-16)21-18(25)22(14-6-2-1-3-7-14)11-13-5-4-8-19-9-13/h4-5,8-10,14H,1-3,6-7,11-12H2,(H,23,24)(H,20,21,25). The van der Waals surface area contributed by atoms with Gasteiger partial charge in [-0.15, -0.1) is 11.8 Å². The molecule has 0 saturated heterocycles. The number of hydrogen-bond acceptors (Lipinski definition) is 6. The van der Waals surface area contributed by atoms with E-state index in [1.54, 1.807) is 18.6 Å². The van der Waals surface area contributed by atoms with Crippen LogP contribution >= 0.6 is 23.1 Å².